The standard InChI is InChI=1S/C26H34N4O3S/c1-3-19(2)25(26-27-22-9-5-6-10-23(22)28-26)29-24(31)16-13-20-11-14-21(15-12-20)34(32,33)30-17-7-4-8-18-30/h5-6,9-12,14-15,19,25H,3-4,7-8,13,16-18H2,1-2H3,(H,27,28)(H,29,31). The van der Waals surface area contributed by atoms with Crippen molar-refractivity contribution in [2.24, 2.45) is 5.92 Å². The van der Waals surface area contributed by atoms with Crippen molar-refractivity contribution in [3.05, 3.63) is 59.9 Å². The number of fused-ring (bicyclic) bond motifs is 1. The zero-order chi connectivity index (χ0) is 24.1. The van der Waals surface area contributed by atoms with Crippen molar-refractivity contribution in [2.75, 3.05) is 13.1 Å². The van der Waals surface area contributed by atoms with Gasteiger partial charge in [-0.2, -0.15) is 4.31 Å². The molecule has 2 unspecified atom stereocenters. The molecule has 1 amide bonds. The van der Waals surface area contributed by atoms with Crippen LogP contribution in [0.2, 0.25) is 0 Å². The second kappa shape index (κ2) is 10.7. The SMILES string of the molecule is CCC(C)C(NC(=O)CCc1ccc(S(=O)(=O)N2CCCCC2)cc1)c1nc2ccccc2[nH]1. The van der Waals surface area contributed by atoms with E-state index in [0.717, 1.165) is 48.1 Å². The van der Waals surface area contributed by atoms with E-state index < -0.39 is 10.0 Å². The van der Waals surface area contributed by atoms with Crippen LogP contribution in [-0.4, -0.2) is 41.7 Å². The third kappa shape index (κ3) is 5.50. The number of H-pyrrole nitrogens is 1. The van der Waals surface area contributed by atoms with Gasteiger partial charge in [-0.1, -0.05) is 51.0 Å². The summed E-state index contributed by atoms with van der Waals surface area (Å²) in [6.45, 7) is 5.39. The molecule has 0 spiro atoms. The van der Waals surface area contributed by atoms with Crippen molar-refractivity contribution < 1.29 is 13.2 Å². The number of rotatable bonds is 9. The highest BCUT2D eigenvalue weighted by Gasteiger charge is 2.26. The lowest BCUT2D eigenvalue weighted by Crippen LogP contribution is -2.35. The number of sulfonamides is 1. The predicted octanol–water partition coefficient (Wildman–Crippen LogP) is 4.57. The van der Waals surface area contributed by atoms with Gasteiger partial charge in [0.2, 0.25) is 15.9 Å². The number of benzene rings is 2. The molecule has 4 rings (SSSR count). The number of piperidine rings is 1. The van der Waals surface area contributed by atoms with Crippen LogP contribution in [-0.2, 0) is 21.2 Å². The summed E-state index contributed by atoms with van der Waals surface area (Å²) in [6, 6.07) is 14.6. The van der Waals surface area contributed by atoms with Gasteiger partial charge in [-0.05, 0) is 55.0 Å². The number of nitrogens with one attached hydrogen (secondary N) is 2. The van der Waals surface area contributed by atoms with Crippen molar-refractivity contribution in [2.45, 2.75) is 63.3 Å². The van der Waals surface area contributed by atoms with Crippen LogP contribution >= 0.6 is 0 Å². The highest BCUT2D eigenvalue weighted by atomic mass is 32.2. The second-order valence-electron chi connectivity index (χ2n) is 9.18. The Kier molecular flexibility index (Phi) is 7.68. The molecule has 2 atom stereocenters. The third-order valence-electron chi connectivity index (χ3n) is 6.75. The van der Waals surface area contributed by atoms with E-state index in [1.807, 2.05) is 36.4 Å². The molecule has 0 bridgehead atoms. The molecule has 2 aromatic carbocycles. The largest absolute Gasteiger partial charge is 0.346 e. The highest BCUT2D eigenvalue weighted by molar-refractivity contribution is 7.89. The molecular weight excluding hydrogens is 448 g/mol. The summed E-state index contributed by atoms with van der Waals surface area (Å²) in [5.74, 6) is 0.954. The summed E-state index contributed by atoms with van der Waals surface area (Å²) in [7, 11) is -3.44. The first kappa shape index (κ1) is 24.4. The van der Waals surface area contributed by atoms with Crippen molar-refractivity contribution in [1.82, 2.24) is 19.6 Å². The number of hydrogen-bond acceptors (Lipinski definition) is 4. The third-order valence-corrected chi connectivity index (χ3v) is 8.66. The molecule has 1 aromatic heterocycles. The van der Waals surface area contributed by atoms with E-state index in [0.29, 0.717) is 30.8 Å². The quantitative estimate of drug-likeness (QED) is 0.467. The smallest absolute Gasteiger partial charge is 0.243 e. The van der Waals surface area contributed by atoms with Gasteiger partial charge in [-0.25, -0.2) is 13.4 Å². The van der Waals surface area contributed by atoms with Crippen LogP contribution in [0.5, 0.6) is 0 Å². The maximum atomic E-state index is 12.8. The maximum absolute atomic E-state index is 12.8. The van der Waals surface area contributed by atoms with Gasteiger partial charge in [0.1, 0.15) is 5.82 Å². The van der Waals surface area contributed by atoms with E-state index in [1.54, 1.807) is 16.4 Å². The van der Waals surface area contributed by atoms with Gasteiger partial charge in [0.25, 0.3) is 0 Å². The minimum atomic E-state index is -3.44. The molecule has 0 radical (unpaired) electrons. The van der Waals surface area contributed by atoms with Crippen LogP contribution in [0.4, 0.5) is 0 Å². The molecule has 34 heavy (non-hydrogen) atoms. The van der Waals surface area contributed by atoms with Gasteiger partial charge in [-0.15, -0.1) is 0 Å². The molecule has 7 nitrogen and oxygen atoms in total. The Hall–Kier alpha value is -2.71. The summed E-state index contributed by atoms with van der Waals surface area (Å²) < 4.78 is 27.2. The molecule has 0 saturated carbocycles. The maximum Gasteiger partial charge on any atom is 0.243 e. The fourth-order valence-electron chi connectivity index (χ4n) is 4.42. The summed E-state index contributed by atoms with van der Waals surface area (Å²) in [5.41, 5.74) is 2.79. The van der Waals surface area contributed by atoms with E-state index in [2.05, 4.69) is 24.1 Å². The Balaban J connectivity index is 1.38. The minimum absolute atomic E-state index is 0.0456. The fourth-order valence-corrected chi connectivity index (χ4v) is 5.94. The first-order valence-corrected chi connectivity index (χ1v) is 13.7. The first-order chi connectivity index (χ1) is 16.4. The number of para-hydroxylation sites is 2. The van der Waals surface area contributed by atoms with Gasteiger partial charge in [0.15, 0.2) is 0 Å². The Morgan fingerprint density at radius 2 is 1.79 bits per heavy atom. The lowest BCUT2D eigenvalue weighted by Gasteiger charge is -2.25. The van der Waals surface area contributed by atoms with E-state index >= 15 is 0 Å². The van der Waals surface area contributed by atoms with Crippen LogP contribution in [0, 0.1) is 5.92 Å². The van der Waals surface area contributed by atoms with Crippen LogP contribution in [0.15, 0.2) is 53.4 Å². The topological polar surface area (TPSA) is 95.2 Å². The average Bonchev–Trinajstić information content (AvgIpc) is 3.30. The van der Waals surface area contributed by atoms with E-state index in [1.165, 1.54) is 0 Å². The van der Waals surface area contributed by atoms with Crippen LogP contribution in [0.3, 0.4) is 0 Å². The van der Waals surface area contributed by atoms with E-state index in [9.17, 15) is 13.2 Å². The predicted molar refractivity (Wildman–Crippen MR) is 134 cm³/mol. The van der Waals surface area contributed by atoms with Crippen molar-refractivity contribution in [1.29, 1.82) is 0 Å². The monoisotopic (exact) mass is 482 g/mol. The number of hydrogen-bond donors (Lipinski definition) is 2. The van der Waals surface area contributed by atoms with E-state index in [-0.39, 0.29) is 17.9 Å². The Morgan fingerprint density at radius 3 is 2.47 bits per heavy atom. The highest BCUT2D eigenvalue weighted by Crippen LogP contribution is 2.25. The Morgan fingerprint density at radius 1 is 1.09 bits per heavy atom. The average molecular weight is 483 g/mol. The first-order valence-electron chi connectivity index (χ1n) is 12.2. The molecule has 8 heteroatoms. The van der Waals surface area contributed by atoms with Gasteiger partial charge >= 0.3 is 0 Å². The summed E-state index contributed by atoms with van der Waals surface area (Å²) in [4.78, 5) is 21.2. The van der Waals surface area contributed by atoms with Gasteiger partial charge in [0.05, 0.1) is 22.0 Å². The number of nitrogens with zero attached hydrogens (tertiary/aromatic N) is 2. The lowest BCUT2D eigenvalue weighted by molar-refractivity contribution is -0.122. The molecular formula is C26H34N4O3S. The molecule has 1 aliphatic heterocycles. The number of amides is 1. The Bertz CT molecular complexity index is 1180. The number of aryl methyl sites for hydroxylation is 1. The van der Waals surface area contributed by atoms with Crippen LogP contribution < -0.4 is 5.32 Å². The Labute approximate surface area is 202 Å². The molecule has 1 fully saturated rings. The number of aromatic amines is 1. The molecule has 1 saturated heterocycles. The molecule has 3 aromatic rings. The summed E-state index contributed by atoms with van der Waals surface area (Å²) >= 11 is 0. The van der Waals surface area contributed by atoms with Gasteiger partial charge in [-0.3, -0.25) is 4.79 Å². The molecule has 1 aliphatic rings. The zero-order valence-corrected chi connectivity index (χ0v) is 20.8. The van der Waals surface area contributed by atoms with Crippen LogP contribution in [0.25, 0.3) is 11.0 Å². The molecule has 0 aliphatic carbocycles. The zero-order valence-electron chi connectivity index (χ0n) is 20.0. The van der Waals surface area contributed by atoms with Crippen LogP contribution in [0.1, 0.15) is 63.4 Å². The number of imidazole rings is 1. The lowest BCUT2D eigenvalue weighted by atomic mass is 9.98. The molecule has 2 N–H and O–H groups in total. The van der Waals surface area contributed by atoms with Crippen molar-refractivity contribution in [3.63, 3.8) is 0 Å². The molecule has 2 heterocycles. The fraction of sp³-hybridized carbons (Fsp3) is 0.462. The number of carbonyl (C=O) groups is 1. The summed E-state index contributed by atoms with van der Waals surface area (Å²) in [6.07, 6.45) is 4.70. The number of aromatic nitrogens is 2. The van der Waals surface area contributed by atoms with Crippen molar-refractivity contribution >= 4 is 27.0 Å². The van der Waals surface area contributed by atoms with Gasteiger partial charge < -0.3 is 10.3 Å². The summed E-state index contributed by atoms with van der Waals surface area (Å²) in [5, 5.41) is 3.16. The minimum Gasteiger partial charge on any atom is -0.346 e. The second-order valence-corrected chi connectivity index (χ2v) is 11.1. The number of carbonyl (C=O) groups excluding carboxylic acids is 1. The van der Waals surface area contributed by atoms with Gasteiger partial charge in [0, 0.05) is 19.5 Å². The van der Waals surface area contributed by atoms with E-state index in [4.69, 9.17) is 4.98 Å². The van der Waals surface area contributed by atoms with Crippen molar-refractivity contribution in [3.8, 4) is 0 Å². The normalized spacial score (nSPS) is 16.9. The molecule has 182 valence electrons.